The number of rotatable bonds is 6. The van der Waals surface area contributed by atoms with E-state index in [4.69, 9.17) is 4.74 Å². The van der Waals surface area contributed by atoms with E-state index < -0.39 is 15.4 Å². The van der Waals surface area contributed by atoms with E-state index in [0.29, 0.717) is 13.0 Å². The number of morpholine rings is 1. The fourth-order valence-corrected chi connectivity index (χ4v) is 5.93. The molecule has 7 nitrogen and oxygen atoms in total. The summed E-state index contributed by atoms with van der Waals surface area (Å²) in [5.74, 6) is 0.0305. The van der Waals surface area contributed by atoms with Crippen molar-refractivity contribution in [3.63, 3.8) is 0 Å². The van der Waals surface area contributed by atoms with Crippen LogP contribution >= 0.6 is 0 Å². The van der Waals surface area contributed by atoms with Gasteiger partial charge in [0, 0.05) is 25.3 Å². The zero-order valence-corrected chi connectivity index (χ0v) is 16.9. The number of hydrogen-bond donors (Lipinski definition) is 1. The Morgan fingerprint density at radius 2 is 2.00 bits per heavy atom. The number of carbonyl (C=O) groups is 1. The molecule has 1 aromatic carbocycles. The van der Waals surface area contributed by atoms with Crippen molar-refractivity contribution in [1.29, 1.82) is 0 Å². The summed E-state index contributed by atoms with van der Waals surface area (Å²) in [5, 5.41) is 2.92. The molecule has 2 saturated heterocycles. The van der Waals surface area contributed by atoms with Crippen LogP contribution in [0.5, 0.6) is 0 Å². The number of likely N-dealkylation sites (N-methyl/N-ethyl adjacent to an activating group) is 1. The lowest BCUT2D eigenvalue weighted by Gasteiger charge is -2.31. The summed E-state index contributed by atoms with van der Waals surface area (Å²) < 4.78 is 28.8. The third kappa shape index (κ3) is 5.43. The first kappa shape index (κ1) is 20.1. The van der Waals surface area contributed by atoms with Gasteiger partial charge >= 0.3 is 0 Å². The molecule has 0 saturated carbocycles. The highest BCUT2D eigenvalue weighted by molar-refractivity contribution is 7.91. The van der Waals surface area contributed by atoms with E-state index in [1.165, 1.54) is 11.3 Å². The number of benzene rings is 1. The number of amides is 1. The van der Waals surface area contributed by atoms with Crippen LogP contribution in [0.4, 0.5) is 5.69 Å². The van der Waals surface area contributed by atoms with Gasteiger partial charge in [-0.2, -0.15) is 0 Å². The van der Waals surface area contributed by atoms with Gasteiger partial charge in [0.1, 0.15) is 0 Å². The second-order valence-corrected chi connectivity index (χ2v) is 10.0. The van der Waals surface area contributed by atoms with Gasteiger partial charge in [-0.3, -0.25) is 9.69 Å². The van der Waals surface area contributed by atoms with E-state index >= 15 is 0 Å². The average Bonchev–Trinajstić information content (AvgIpc) is 2.88. The van der Waals surface area contributed by atoms with Gasteiger partial charge in [0.2, 0.25) is 5.91 Å². The van der Waals surface area contributed by atoms with Crippen LogP contribution in [0.2, 0.25) is 0 Å². The van der Waals surface area contributed by atoms with Gasteiger partial charge < -0.3 is 15.0 Å². The maximum atomic E-state index is 12.4. The first-order valence-electron chi connectivity index (χ1n) is 9.37. The molecule has 8 heteroatoms. The maximum Gasteiger partial charge on any atom is 0.234 e. The minimum absolute atomic E-state index is 0.0231. The quantitative estimate of drug-likeness (QED) is 0.762. The van der Waals surface area contributed by atoms with Crippen LogP contribution in [-0.2, 0) is 25.9 Å². The molecule has 0 aliphatic carbocycles. The highest BCUT2D eigenvalue weighted by Gasteiger charge is 2.39. The molecule has 3 rings (SSSR count). The van der Waals surface area contributed by atoms with E-state index in [2.05, 4.69) is 22.3 Å². The Morgan fingerprint density at radius 3 is 2.67 bits per heavy atom. The number of sulfone groups is 1. The Kier molecular flexibility index (Phi) is 6.08. The van der Waals surface area contributed by atoms with Crippen LogP contribution in [0.25, 0.3) is 0 Å². The summed E-state index contributed by atoms with van der Waals surface area (Å²) in [6, 6.07) is 8.24. The number of hydrogen-bond acceptors (Lipinski definition) is 6. The second kappa shape index (κ2) is 8.16. The third-order valence-corrected chi connectivity index (χ3v) is 7.04. The normalized spacial score (nSPS) is 24.9. The molecule has 2 aliphatic heterocycles. The summed E-state index contributed by atoms with van der Waals surface area (Å²) in [6.45, 7) is 5.89. The van der Waals surface area contributed by atoms with Crippen LogP contribution in [0.1, 0.15) is 18.9 Å². The van der Waals surface area contributed by atoms with Crippen LogP contribution in [0, 0.1) is 0 Å². The molecule has 1 aromatic rings. The molecule has 0 spiro atoms. The molecule has 1 atom stereocenters. The smallest absolute Gasteiger partial charge is 0.234 e. The SMILES string of the molecule is CN(CC(=O)NC1(C)CCS(=O)(=O)C1)Cc1ccccc1N1CCOCC1. The lowest BCUT2D eigenvalue weighted by molar-refractivity contribution is -0.123. The van der Waals surface area contributed by atoms with Crippen molar-refractivity contribution < 1.29 is 17.9 Å². The van der Waals surface area contributed by atoms with Crippen LogP contribution in [0.3, 0.4) is 0 Å². The van der Waals surface area contributed by atoms with Crippen molar-refractivity contribution >= 4 is 21.4 Å². The minimum Gasteiger partial charge on any atom is -0.378 e. The number of nitrogens with zero attached hydrogens (tertiary/aromatic N) is 2. The van der Waals surface area contributed by atoms with E-state index in [1.54, 1.807) is 0 Å². The monoisotopic (exact) mass is 395 g/mol. The molecule has 2 aliphatic rings. The second-order valence-electron chi connectivity index (χ2n) is 7.85. The molecule has 0 bridgehead atoms. The highest BCUT2D eigenvalue weighted by atomic mass is 32.2. The molecule has 0 radical (unpaired) electrons. The largest absolute Gasteiger partial charge is 0.378 e. The van der Waals surface area contributed by atoms with Crippen LogP contribution in [-0.4, -0.2) is 76.2 Å². The summed E-state index contributed by atoms with van der Waals surface area (Å²) in [6.07, 6.45) is 0.477. The van der Waals surface area contributed by atoms with Crippen molar-refractivity contribution in [2.45, 2.75) is 25.4 Å². The lowest BCUT2D eigenvalue weighted by Crippen LogP contribution is -2.49. The number of carbonyl (C=O) groups excluding carboxylic acids is 1. The Morgan fingerprint density at radius 1 is 1.30 bits per heavy atom. The summed E-state index contributed by atoms with van der Waals surface area (Å²) in [5.41, 5.74) is 1.70. The van der Waals surface area contributed by atoms with Gasteiger partial charge in [-0.05, 0) is 32.0 Å². The van der Waals surface area contributed by atoms with Crippen molar-refractivity contribution in [3.05, 3.63) is 29.8 Å². The molecule has 1 amide bonds. The van der Waals surface area contributed by atoms with Gasteiger partial charge in [-0.15, -0.1) is 0 Å². The predicted molar refractivity (Wildman–Crippen MR) is 106 cm³/mol. The lowest BCUT2D eigenvalue weighted by atomic mass is 10.0. The summed E-state index contributed by atoms with van der Waals surface area (Å²) in [4.78, 5) is 16.7. The molecular formula is C19H29N3O4S. The van der Waals surface area contributed by atoms with Gasteiger partial charge in [0.15, 0.2) is 9.84 Å². The summed E-state index contributed by atoms with van der Waals surface area (Å²) in [7, 11) is -1.13. The van der Waals surface area contributed by atoms with Crippen LogP contribution < -0.4 is 10.2 Å². The Labute approximate surface area is 161 Å². The van der Waals surface area contributed by atoms with E-state index in [0.717, 1.165) is 26.3 Å². The van der Waals surface area contributed by atoms with Gasteiger partial charge in [-0.1, -0.05) is 18.2 Å². The zero-order valence-electron chi connectivity index (χ0n) is 16.1. The Bertz CT molecular complexity index is 777. The predicted octanol–water partition coefficient (Wildman–Crippen LogP) is 0.648. The van der Waals surface area contributed by atoms with Gasteiger partial charge in [-0.25, -0.2) is 8.42 Å². The Hall–Kier alpha value is -1.64. The van der Waals surface area contributed by atoms with Crippen molar-refractivity contribution in [2.24, 2.45) is 0 Å². The fourth-order valence-electron chi connectivity index (χ4n) is 3.83. The molecule has 0 aromatic heterocycles. The first-order chi connectivity index (χ1) is 12.8. The third-order valence-electron chi connectivity index (χ3n) is 5.14. The molecule has 2 fully saturated rings. The standard InChI is InChI=1S/C19H29N3O4S/c1-19(7-12-27(24,25)15-19)20-18(23)14-21(2)13-16-5-3-4-6-17(16)22-8-10-26-11-9-22/h3-6H,7-15H2,1-2H3,(H,20,23). The molecule has 27 heavy (non-hydrogen) atoms. The van der Waals surface area contributed by atoms with Crippen LogP contribution in [0.15, 0.2) is 24.3 Å². The number of anilines is 1. The van der Waals surface area contributed by atoms with Crippen molar-refractivity contribution in [3.8, 4) is 0 Å². The molecule has 150 valence electrons. The maximum absolute atomic E-state index is 12.4. The number of ether oxygens (including phenoxy) is 1. The molecule has 1 unspecified atom stereocenters. The molecule has 2 heterocycles. The van der Waals surface area contributed by atoms with Gasteiger partial charge in [0.25, 0.3) is 0 Å². The zero-order chi connectivity index (χ0) is 19.5. The number of para-hydroxylation sites is 1. The van der Waals surface area contributed by atoms with Crippen molar-refractivity contribution in [2.75, 3.05) is 56.3 Å². The van der Waals surface area contributed by atoms with E-state index in [-0.39, 0.29) is 24.0 Å². The first-order valence-corrected chi connectivity index (χ1v) is 11.2. The Balaban J connectivity index is 1.58. The highest BCUT2D eigenvalue weighted by Crippen LogP contribution is 2.24. The minimum atomic E-state index is -3.04. The van der Waals surface area contributed by atoms with E-state index in [1.807, 2.05) is 31.0 Å². The topological polar surface area (TPSA) is 79.0 Å². The fraction of sp³-hybridized carbons (Fsp3) is 0.632. The van der Waals surface area contributed by atoms with E-state index in [9.17, 15) is 13.2 Å². The van der Waals surface area contributed by atoms with Gasteiger partial charge in [0.05, 0.1) is 36.8 Å². The summed E-state index contributed by atoms with van der Waals surface area (Å²) >= 11 is 0. The molecular weight excluding hydrogens is 366 g/mol. The van der Waals surface area contributed by atoms with Crippen molar-refractivity contribution in [1.82, 2.24) is 10.2 Å². The number of nitrogens with one attached hydrogen (secondary N) is 1. The molecule has 1 N–H and O–H groups in total. The average molecular weight is 396 g/mol.